The van der Waals surface area contributed by atoms with Gasteiger partial charge in [0.15, 0.2) is 11.8 Å². The van der Waals surface area contributed by atoms with E-state index in [1.165, 1.54) is 19.1 Å². The Hall–Kier alpha value is -2.89. The van der Waals surface area contributed by atoms with Gasteiger partial charge in [0.1, 0.15) is 28.6 Å². The maximum absolute atomic E-state index is 13.9. The van der Waals surface area contributed by atoms with Gasteiger partial charge in [-0.05, 0) is 55.9 Å². The van der Waals surface area contributed by atoms with Gasteiger partial charge in [0.25, 0.3) is 0 Å². The summed E-state index contributed by atoms with van der Waals surface area (Å²) in [5, 5.41) is 14.4. The van der Waals surface area contributed by atoms with Crippen LogP contribution in [0.4, 0.5) is 10.5 Å². The van der Waals surface area contributed by atoms with Crippen molar-refractivity contribution in [3.05, 3.63) is 22.7 Å². The number of fused-ring (bicyclic) bond motifs is 5. The van der Waals surface area contributed by atoms with Gasteiger partial charge in [0, 0.05) is 45.1 Å². The number of nitrogens with one attached hydrogen (secondary N) is 1. The SMILES string of the molecule is COc1cc2cc(c1Cl)N(C)C(=O)C[C@H](OC(=O)CCC[SH](C)(C)=O)[C@@]1(C)O[C@H]1[C@H](C)[C@@H]1C[C@@](O)(NC(=O)O1)[C@H](OC)C#CCC(C)C2. The van der Waals surface area contributed by atoms with Crippen LogP contribution in [0, 0.1) is 23.7 Å². The van der Waals surface area contributed by atoms with E-state index in [4.69, 9.17) is 35.3 Å². The molecule has 2 N–H and O–H groups in total. The van der Waals surface area contributed by atoms with E-state index >= 15 is 0 Å². The monoisotopic (exact) mass is 712 g/mol. The molecule has 2 fully saturated rings. The molecule has 4 rings (SSSR count). The lowest BCUT2D eigenvalue weighted by molar-refractivity contribution is -0.153. The topological polar surface area (TPSA) is 153 Å². The summed E-state index contributed by atoms with van der Waals surface area (Å²) in [4.78, 5) is 41.2. The van der Waals surface area contributed by atoms with Gasteiger partial charge >= 0.3 is 12.1 Å². The molecule has 14 heteroatoms. The lowest BCUT2D eigenvalue weighted by Gasteiger charge is -2.41. The highest BCUT2D eigenvalue weighted by molar-refractivity contribution is 8.01. The second kappa shape index (κ2) is 14.9. The third-order valence-corrected chi connectivity index (χ3v) is 11.1. The molecule has 1 unspecified atom stereocenters. The first kappa shape index (κ1) is 37.9. The molecule has 48 heavy (non-hydrogen) atoms. The summed E-state index contributed by atoms with van der Waals surface area (Å²) >= 11 is 6.72. The highest BCUT2D eigenvalue weighted by atomic mass is 35.5. The van der Waals surface area contributed by atoms with Crippen molar-refractivity contribution in [3.8, 4) is 17.6 Å². The first-order valence-corrected chi connectivity index (χ1v) is 19.3. The molecule has 1 aromatic carbocycles. The van der Waals surface area contributed by atoms with Crippen molar-refractivity contribution < 1.29 is 47.4 Å². The van der Waals surface area contributed by atoms with Crippen LogP contribution in [0.3, 0.4) is 0 Å². The predicted molar refractivity (Wildman–Crippen MR) is 183 cm³/mol. The Kier molecular flexibility index (Phi) is 11.8. The van der Waals surface area contributed by atoms with Crippen LogP contribution in [0.2, 0.25) is 5.02 Å². The van der Waals surface area contributed by atoms with Gasteiger partial charge in [0.2, 0.25) is 5.91 Å². The van der Waals surface area contributed by atoms with Gasteiger partial charge in [-0.25, -0.2) is 4.79 Å². The number of methoxy groups -OCH3 is 2. The molecule has 12 nitrogen and oxygen atoms in total. The third kappa shape index (κ3) is 8.82. The normalized spacial score (nSPS) is 32.9. The standard InChI is InChI=1S/C34H49ClN2O10S/c1-20-11-9-12-26(44-6)34(41)19-25(45-32(40)36-34)21(2)31-33(3,47-31)27(46-29(39)13-10-14-48(7,8)42)18-28(38)37(4)23-16-22(15-20)17-24(43-5)30(23)35/h16-17,20-21,25-27,31,41,48H,10-11,13-15,18-19H2,1-8H3,(H,36,40)/t20?,21-,25+,26-,27+,31+,33-,34+/m1/s1. The van der Waals surface area contributed by atoms with E-state index in [0.29, 0.717) is 36.5 Å². The minimum Gasteiger partial charge on any atom is -0.495 e. The minimum absolute atomic E-state index is 0.0180. The highest BCUT2D eigenvalue weighted by Crippen LogP contribution is 2.49. The number of anilines is 1. The summed E-state index contributed by atoms with van der Waals surface area (Å²) in [6.07, 6.45) is 0.104. The summed E-state index contributed by atoms with van der Waals surface area (Å²) in [5.41, 5.74) is -1.69. The van der Waals surface area contributed by atoms with E-state index in [-0.39, 0.29) is 36.1 Å². The molecule has 0 spiro atoms. The third-order valence-electron chi connectivity index (χ3n) is 9.36. The Balaban J connectivity index is 1.73. The fourth-order valence-electron chi connectivity index (χ4n) is 6.47. The average molecular weight is 713 g/mol. The molecular weight excluding hydrogens is 664 g/mol. The number of thiol groups is 1. The Bertz CT molecular complexity index is 1510. The summed E-state index contributed by atoms with van der Waals surface area (Å²) in [6.45, 7) is 5.56. The maximum Gasteiger partial charge on any atom is 0.409 e. The van der Waals surface area contributed by atoms with Crippen molar-refractivity contribution >= 4 is 45.2 Å². The van der Waals surface area contributed by atoms with Crippen molar-refractivity contribution in [2.45, 2.75) is 95.0 Å². The van der Waals surface area contributed by atoms with E-state index in [1.807, 2.05) is 26.0 Å². The number of carbonyl (C=O) groups excluding carboxylic acids is 3. The fourth-order valence-corrected chi connectivity index (χ4v) is 7.70. The zero-order valence-corrected chi connectivity index (χ0v) is 30.6. The Morgan fingerprint density at radius 2 is 1.94 bits per heavy atom. The number of aliphatic hydroxyl groups is 1. The largest absolute Gasteiger partial charge is 0.495 e. The van der Waals surface area contributed by atoms with Crippen LogP contribution in [-0.2, 0) is 44.9 Å². The number of epoxide rings is 1. The molecule has 0 aliphatic carbocycles. The molecule has 2 amide bonds. The molecule has 268 valence electrons. The highest BCUT2D eigenvalue weighted by Gasteiger charge is 2.64. The maximum atomic E-state index is 13.9. The van der Waals surface area contributed by atoms with Gasteiger partial charge in [-0.1, -0.05) is 31.4 Å². The van der Waals surface area contributed by atoms with Crippen LogP contribution in [0.1, 0.15) is 58.4 Å². The summed E-state index contributed by atoms with van der Waals surface area (Å²) in [6, 6.07) is 3.64. The molecular formula is C34H49ClN2O10S. The second-order valence-corrected chi connectivity index (χ2v) is 17.9. The van der Waals surface area contributed by atoms with E-state index < -0.39 is 63.7 Å². The number of halogens is 1. The quantitative estimate of drug-likeness (QED) is 0.166. The summed E-state index contributed by atoms with van der Waals surface area (Å²) < 4.78 is 41.1. The first-order valence-electron chi connectivity index (χ1n) is 16.2. The molecule has 3 aliphatic rings. The van der Waals surface area contributed by atoms with Gasteiger partial charge in [0.05, 0.1) is 25.3 Å². The minimum atomic E-state index is -2.33. The van der Waals surface area contributed by atoms with Crippen molar-refractivity contribution in [3.63, 3.8) is 0 Å². The molecule has 3 aliphatic heterocycles. The van der Waals surface area contributed by atoms with Gasteiger partial charge in [-0.15, -0.1) is 15.9 Å². The Labute approximate surface area is 288 Å². The zero-order chi connectivity index (χ0) is 35.6. The van der Waals surface area contributed by atoms with Crippen LogP contribution < -0.4 is 15.0 Å². The summed E-state index contributed by atoms with van der Waals surface area (Å²) in [5.74, 6) is 5.49. The van der Waals surface area contributed by atoms with E-state index in [1.54, 1.807) is 26.5 Å². The Morgan fingerprint density at radius 3 is 2.58 bits per heavy atom. The number of amides is 2. The van der Waals surface area contributed by atoms with Crippen molar-refractivity contribution in [2.24, 2.45) is 11.8 Å². The van der Waals surface area contributed by atoms with Crippen LogP contribution in [-0.4, -0.2) is 103 Å². The van der Waals surface area contributed by atoms with Crippen molar-refractivity contribution in [1.29, 1.82) is 0 Å². The fraction of sp³-hybridized carbons (Fsp3) is 0.676. The number of hydrogen-bond acceptors (Lipinski definition) is 10. The smallest absolute Gasteiger partial charge is 0.409 e. The molecule has 2 saturated heterocycles. The number of ether oxygens (including phenoxy) is 5. The average Bonchev–Trinajstić information content (AvgIpc) is 3.69. The number of carbonyl (C=O) groups is 3. The van der Waals surface area contributed by atoms with Crippen LogP contribution >= 0.6 is 11.6 Å². The molecule has 1 aromatic rings. The molecule has 3 heterocycles. The number of nitrogens with zero attached hydrogens (tertiary/aromatic N) is 1. The number of alkyl carbamates (subject to hydrolysis) is 1. The lowest BCUT2D eigenvalue weighted by Crippen LogP contribution is -2.63. The first-order chi connectivity index (χ1) is 22.4. The number of rotatable bonds is 7. The van der Waals surface area contributed by atoms with Crippen LogP contribution in [0.5, 0.6) is 5.75 Å². The van der Waals surface area contributed by atoms with Crippen molar-refractivity contribution in [1.82, 2.24) is 5.32 Å². The van der Waals surface area contributed by atoms with E-state index in [0.717, 1.165) is 5.56 Å². The Morgan fingerprint density at radius 1 is 1.23 bits per heavy atom. The molecule has 8 atom stereocenters. The predicted octanol–water partition coefficient (Wildman–Crippen LogP) is 3.25. The molecule has 0 aromatic heterocycles. The van der Waals surface area contributed by atoms with E-state index in [2.05, 4.69) is 17.2 Å². The summed E-state index contributed by atoms with van der Waals surface area (Å²) in [7, 11) is 2.17. The van der Waals surface area contributed by atoms with Crippen molar-refractivity contribution in [2.75, 3.05) is 44.4 Å². The number of esters is 1. The molecule has 0 saturated carbocycles. The second-order valence-electron chi connectivity index (χ2n) is 13.9. The van der Waals surface area contributed by atoms with Gasteiger partial charge in [-0.3, -0.25) is 19.1 Å². The number of benzene rings is 1. The lowest BCUT2D eigenvalue weighted by atomic mass is 9.83. The van der Waals surface area contributed by atoms with Gasteiger partial charge in [-0.2, -0.15) is 0 Å². The zero-order valence-electron chi connectivity index (χ0n) is 29.0. The molecule has 4 bridgehead atoms. The van der Waals surface area contributed by atoms with E-state index in [9.17, 15) is 23.7 Å². The van der Waals surface area contributed by atoms with Crippen LogP contribution in [0.25, 0.3) is 0 Å². The molecule has 0 radical (unpaired) electrons. The van der Waals surface area contributed by atoms with Gasteiger partial charge < -0.3 is 33.7 Å². The van der Waals surface area contributed by atoms with Crippen LogP contribution in [0.15, 0.2) is 12.1 Å². The number of hydrogen-bond donors (Lipinski definition) is 3.